The first-order valence-corrected chi connectivity index (χ1v) is 7.69. The third-order valence-corrected chi connectivity index (χ3v) is 4.74. The smallest absolute Gasteiger partial charge is 0.212 e. The Kier molecular flexibility index (Phi) is 3.63. The molecule has 0 amide bonds. The van der Waals surface area contributed by atoms with Crippen molar-refractivity contribution in [1.29, 1.82) is 5.26 Å². The number of nitriles is 1. The molecule has 3 rings (SSSR count). The van der Waals surface area contributed by atoms with E-state index in [0.29, 0.717) is 15.2 Å². The number of hydrogen-bond acceptors (Lipinski definition) is 5. The average molecular weight is 327 g/mol. The van der Waals surface area contributed by atoms with Crippen molar-refractivity contribution in [3.05, 3.63) is 35.2 Å². The lowest BCUT2D eigenvalue weighted by molar-refractivity contribution is -0.137. The normalized spacial score (nSPS) is 15.0. The van der Waals surface area contributed by atoms with E-state index in [9.17, 15) is 13.2 Å². The Labute approximate surface area is 127 Å². The van der Waals surface area contributed by atoms with Crippen LogP contribution in [0.1, 0.15) is 35.7 Å². The topological polar surface area (TPSA) is 49.6 Å². The zero-order valence-corrected chi connectivity index (χ0v) is 12.1. The minimum Gasteiger partial charge on any atom is -0.212 e. The van der Waals surface area contributed by atoms with Crippen molar-refractivity contribution in [2.45, 2.75) is 34.2 Å². The quantitative estimate of drug-likeness (QED) is 0.835. The highest BCUT2D eigenvalue weighted by atomic mass is 32.2. The van der Waals surface area contributed by atoms with Crippen molar-refractivity contribution in [2.24, 2.45) is 0 Å². The lowest BCUT2D eigenvalue weighted by Gasteiger charge is -2.09. The van der Waals surface area contributed by atoms with E-state index in [2.05, 4.69) is 9.36 Å². The number of halogens is 3. The van der Waals surface area contributed by atoms with Crippen LogP contribution in [0.2, 0.25) is 0 Å². The van der Waals surface area contributed by atoms with Crippen molar-refractivity contribution < 1.29 is 13.2 Å². The SMILES string of the molecule is N#Cc1ccc(Sc2nc(C3CC3)ns2)cc1C(F)(F)F. The summed E-state index contributed by atoms with van der Waals surface area (Å²) in [6.07, 6.45) is -2.38. The van der Waals surface area contributed by atoms with E-state index < -0.39 is 11.7 Å². The fraction of sp³-hybridized carbons (Fsp3) is 0.308. The molecule has 108 valence electrons. The predicted molar refractivity (Wildman–Crippen MR) is 72.2 cm³/mol. The van der Waals surface area contributed by atoms with Crippen molar-refractivity contribution in [2.75, 3.05) is 0 Å². The fourth-order valence-electron chi connectivity index (χ4n) is 1.79. The second kappa shape index (κ2) is 5.31. The van der Waals surface area contributed by atoms with Gasteiger partial charge in [0.05, 0.1) is 17.2 Å². The summed E-state index contributed by atoms with van der Waals surface area (Å²) in [6.45, 7) is 0. The number of aromatic nitrogens is 2. The Bertz CT molecular complexity index is 714. The summed E-state index contributed by atoms with van der Waals surface area (Å²) in [4.78, 5) is 4.73. The molecule has 0 aliphatic heterocycles. The maximum atomic E-state index is 12.9. The molecule has 0 radical (unpaired) electrons. The van der Waals surface area contributed by atoms with E-state index in [1.54, 1.807) is 6.07 Å². The molecule has 0 atom stereocenters. The van der Waals surface area contributed by atoms with Gasteiger partial charge in [-0.3, -0.25) is 0 Å². The highest BCUT2D eigenvalue weighted by Gasteiger charge is 2.34. The van der Waals surface area contributed by atoms with Crippen LogP contribution in [0.5, 0.6) is 0 Å². The molecule has 0 N–H and O–H groups in total. The molecule has 2 aromatic rings. The molecule has 0 saturated heterocycles. The molecule has 1 aliphatic rings. The molecular weight excluding hydrogens is 319 g/mol. The van der Waals surface area contributed by atoms with Crippen LogP contribution in [-0.4, -0.2) is 9.36 Å². The number of nitrogens with zero attached hydrogens (tertiary/aromatic N) is 3. The maximum absolute atomic E-state index is 12.9. The van der Waals surface area contributed by atoms with E-state index in [1.165, 1.54) is 23.7 Å². The van der Waals surface area contributed by atoms with Gasteiger partial charge in [0.2, 0.25) is 0 Å². The lowest BCUT2D eigenvalue weighted by Crippen LogP contribution is -2.07. The Hall–Kier alpha value is -1.59. The van der Waals surface area contributed by atoms with Crippen LogP contribution in [0.3, 0.4) is 0 Å². The summed E-state index contributed by atoms with van der Waals surface area (Å²) in [5, 5.41) is 8.76. The Balaban J connectivity index is 1.86. The summed E-state index contributed by atoms with van der Waals surface area (Å²) >= 11 is 2.33. The van der Waals surface area contributed by atoms with Crippen LogP contribution < -0.4 is 0 Å². The highest BCUT2D eigenvalue weighted by Crippen LogP contribution is 2.41. The van der Waals surface area contributed by atoms with Crippen LogP contribution in [0.25, 0.3) is 0 Å². The lowest BCUT2D eigenvalue weighted by atomic mass is 10.1. The first-order valence-electron chi connectivity index (χ1n) is 6.10. The summed E-state index contributed by atoms with van der Waals surface area (Å²) in [5.41, 5.74) is -1.29. The third kappa shape index (κ3) is 3.19. The van der Waals surface area contributed by atoms with Gasteiger partial charge in [-0.1, -0.05) is 11.8 Å². The van der Waals surface area contributed by atoms with Gasteiger partial charge in [0.1, 0.15) is 5.82 Å². The Morgan fingerprint density at radius 3 is 2.71 bits per heavy atom. The van der Waals surface area contributed by atoms with E-state index >= 15 is 0 Å². The Morgan fingerprint density at radius 1 is 1.33 bits per heavy atom. The summed E-state index contributed by atoms with van der Waals surface area (Å²) < 4.78 is 43.5. The van der Waals surface area contributed by atoms with Crippen LogP contribution >= 0.6 is 23.3 Å². The molecule has 0 spiro atoms. The van der Waals surface area contributed by atoms with E-state index in [-0.39, 0.29) is 5.56 Å². The van der Waals surface area contributed by atoms with E-state index in [1.807, 2.05) is 0 Å². The molecule has 21 heavy (non-hydrogen) atoms. The monoisotopic (exact) mass is 327 g/mol. The fourth-order valence-corrected chi connectivity index (χ4v) is 3.49. The third-order valence-electron chi connectivity index (χ3n) is 2.99. The van der Waals surface area contributed by atoms with Crippen molar-refractivity contribution in [3.8, 4) is 6.07 Å². The molecule has 1 heterocycles. The number of rotatable bonds is 3. The number of alkyl halides is 3. The largest absolute Gasteiger partial charge is 0.417 e. The zero-order valence-electron chi connectivity index (χ0n) is 10.5. The first kappa shape index (κ1) is 14.4. The minimum absolute atomic E-state index is 0.372. The first-order chi connectivity index (χ1) is 9.97. The van der Waals surface area contributed by atoms with Gasteiger partial charge in [0.15, 0.2) is 4.34 Å². The number of hydrogen-bond donors (Lipinski definition) is 0. The summed E-state index contributed by atoms with van der Waals surface area (Å²) in [6, 6.07) is 5.24. The summed E-state index contributed by atoms with van der Waals surface area (Å²) in [7, 11) is 0. The van der Waals surface area contributed by atoms with Crippen LogP contribution in [0.15, 0.2) is 27.4 Å². The minimum atomic E-state index is -4.54. The molecular formula is C13H8F3N3S2. The highest BCUT2D eigenvalue weighted by molar-refractivity contribution is 8.01. The maximum Gasteiger partial charge on any atom is 0.417 e. The van der Waals surface area contributed by atoms with Gasteiger partial charge < -0.3 is 0 Å². The van der Waals surface area contributed by atoms with Gasteiger partial charge in [0.25, 0.3) is 0 Å². The van der Waals surface area contributed by atoms with Crippen molar-refractivity contribution in [3.63, 3.8) is 0 Å². The molecule has 1 saturated carbocycles. The molecule has 1 aliphatic carbocycles. The molecule has 8 heteroatoms. The van der Waals surface area contributed by atoms with Crippen LogP contribution in [0.4, 0.5) is 13.2 Å². The van der Waals surface area contributed by atoms with Crippen molar-refractivity contribution >= 4 is 23.3 Å². The molecule has 1 aromatic carbocycles. The molecule has 0 unspecified atom stereocenters. The Morgan fingerprint density at radius 2 is 2.10 bits per heavy atom. The van der Waals surface area contributed by atoms with Gasteiger partial charge in [-0.2, -0.15) is 22.8 Å². The van der Waals surface area contributed by atoms with Crippen molar-refractivity contribution in [1.82, 2.24) is 9.36 Å². The van der Waals surface area contributed by atoms with Gasteiger partial charge in [-0.25, -0.2) is 4.98 Å². The number of benzene rings is 1. The second-order valence-electron chi connectivity index (χ2n) is 4.61. The van der Waals surface area contributed by atoms with Gasteiger partial charge >= 0.3 is 6.18 Å². The standard InChI is InChI=1S/C13H8F3N3S2/c14-13(15,16)10-5-9(4-3-8(10)6-17)20-12-18-11(19-21-12)7-1-2-7/h3-5,7H,1-2H2. The molecule has 1 aromatic heterocycles. The second-order valence-corrected chi connectivity index (χ2v) is 6.68. The average Bonchev–Trinajstić information content (AvgIpc) is 3.19. The summed E-state index contributed by atoms with van der Waals surface area (Å²) in [5.74, 6) is 1.20. The van der Waals surface area contributed by atoms with Gasteiger partial charge in [0, 0.05) is 10.8 Å². The molecule has 1 fully saturated rings. The van der Waals surface area contributed by atoms with Gasteiger partial charge in [-0.15, -0.1) is 0 Å². The zero-order chi connectivity index (χ0) is 15.0. The van der Waals surface area contributed by atoms with Gasteiger partial charge in [-0.05, 0) is 42.6 Å². The van der Waals surface area contributed by atoms with Crippen LogP contribution in [-0.2, 0) is 6.18 Å². The van der Waals surface area contributed by atoms with E-state index in [0.717, 1.165) is 36.5 Å². The molecule has 3 nitrogen and oxygen atoms in total. The predicted octanol–water partition coefficient (Wildman–Crippen LogP) is 4.46. The van der Waals surface area contributed by atoms with E-state index in [4.69, 9.17) is 5.26 Å². The van der Waals surface area contributed by atoms with Crippen LogP contribution in [0, 0.1) is 11.3 Å². The molecule has 0 bridgehead atoms.